The van der Waals surface area contributed by atoms with E-state index >= 15 is 0 Å². The minimum atomic E-state index is -0.199. The number of rotatable bonds is 9. The summed E-state index contributed by atoms with van der Waals surface area (Å²) in [5.41, 5.74) is 2.01. The van der Waals surface area contributed by atoms with Crippen molar-refractivity contribution in [2.75, 3.05) is 26.7 Å². The van der Waals surface area contributed by atoms with E-state index in [2.05, 4.69) is 15.6 Å². The van der Waals surface area contributed by atoms with Crippen LogP contribution < -0.4 is 15.4 Å². The molecule has 1 aliphatic heterocycles. The Kier molecular flexibility index (Phi) is 9.77. The first-order valence-corrected chi connectivity index (χ1v) is 10.2. The van der Waals surface area contributed by atoms with Crippen LogP contribution in [0.4, 0.5) is 0 Å². The van der Waals surface area contributed by atoms with Gasteiger partial charge in [-0.3, -0.25) is 14.5 Å². The Bertz CT molecular complexity index is 898. The van der Waals surface area contributed by atoms with Gasteiger partial charge in [-0.1, -0.05) is 30.3 Å². The second-order valence-electron chi connectivity index (χ2n) is 6.95. The van der Waals surface area contributed by atoms with Gasteiger partial charge in [0.25, 0.3) is 11.8 Å². The van der Waals surface area contributed by atoms with Gasteiger partial charge in [0.15, 0.2) is 5.96 Å². The molecule has 0 aromatic heterocycles. The summed E-state index contributed by atoms with van der Waals surface area (Å²) in [5, 5.41) is 6.53. The van der Waals surface area contributed by atoms with Gasteiger partial charge < -0.3 is 15.4 Å². The molecule has 0 atom stereocenters. The molecule has 166 valence electrons. The third kappa shape index (κ3) is 6.19. The number of nitrogens with zero attached hydrogens (tertiary/aromatic N) is 2. The van der Waals surface area contributed by atoms with Gasteiger partial charge in [-0.2, -0.15) is 0 Å². The molecule has 0 unspecified atom stereocenters. The highest BCUT2D eigenvalue weighted by atomic mass is 127. The molecule has 1 heterocycles. The zero-order chi connectivity index (χ0) is 21.3. The van der Waals surface area contributed by atoms with E-state index < -0.39 is 0 Å². The molecule has 0 saturated heterocycles. The van der Waals surface area contributed by atoms with Crippen LogP contribution in [-0.4, -0.2) is 49.4 Å². The van der Waals surface area contributed by atoms with Gasteiger partial charge in [0.1, 0.15) is 5.75 Å². The van der Waals surface area contributed by atoms with E-state index in [-0.39, 0.29) is 35.8 Å². The van der Waals surface area contributed by atoms with Crippen LogP contribution in [0.5, 0.6) is 5.75 Å². The third-order valence-corrected chi connectivity index (χ3v) is 4.92. The maximum atomic E-state index is 12.4. The number of halogens is 1. The molecule has 2 aromatic rings. The Morgan fingerprint density at radius 2 is 1.61 bits per heavy atom. The van der Waals surface area contributed by atoms with E-state index in [9.17, 15) is 9.59 Å². The lowest BCUT2D eigenvalue weighted by atomic mass is 10.1. The normalized spacial score (nSPS) is 13.0. The molecule has 0 saturated carbocycles. The Morgan fingerprint density at radius 3 is 2.26 bits per heavy atom. The quantitative estimate of drug-likeness (QED) is 0.169. The van der Waals surface area contributed by atoms with Crippen molar-refractivity contribution < 1.29 is 14.3 Å². The van der Waals surface area contributed by atoms with Crippen LogP contribution in [0.1, 0.15) is 46.0 Å². The number of carbonyl (C=O) groups is 2. The number of unbranched alkanes of at least 4 members (excludes halogenated alkanes) is 1. The van der Waals surface area contributed by atoms with Crippen LogP contribution in [0.15, 0.2) is 53.5 Å². The molecule has 3 rings (SSSR count). The van der Waals surface area contributed by atoms with Crippen molar-refractivity contribution in [3.8, 4) is 5.75 Å². The fourth-order valence-corrected chi connectivity index (χ4v) is 3.38. The molecular formula is C23H29IN4O3. The summed E-state index contributed by atoms with van der Waals surface area (Å²) in [7, 11) is 1.65. The molecule has 0 spiro atoms. The zero-order valence-corrected chi connectivity index (χ0v) is 20.2. The molecule has 2 N–H and O–H groups in total. The van der Waals surface area contributed by atoms with E-state index in [0.29, 0.717) is 30.8 Å². The molecule has 0 fully saturated rings. The molecule has 2 aromatic carbocycles. The van der Waals surface area contributed by atoms with Crippen LogP contribution in [0.25, 0.3) is 0 Å². The number of ether oxygens (including phenoxy) is 1. The van der Waals surface area contributed by atoms with Crippen LogP contribution >= 0.6 is 24.0 Å². The summed E-state index contributed by atoms with van der Waals surface area (Å²) in [4.78, 5) is 30.7. The number of carbonyl (C=O) groups excluding carboxylic acids is 2. The molecule has 8 heteroatoms. The zero-order valence-electron chi connectivity index (χ0n) is 17.9. The topological polar surface area (TPSA) is 83.0 Å². The summed E-state index contributed by atoms with van der Waals surface area (Å²) < 4.78 is 5.37. The van der Waals surface area contributed by atoms with Crippen LogP contribution in [0.3, 0.4) is 0 Å². The second kappa shape index (κ2) is 12.3. The Hall–Kier alpha value is -2.62. The number of aliphatic imine (C=N–C) groups is 1. The van der Waals surface area contributed by atoms with Gasteiger partial charge in [0, 0.05) is 25.2 Å². The standard InChI is InChI=1S/C23H28N4O3.HI/c1-3-24-23(26-16-17-10-4-7-13-20(17)30-2)25-14-8-9-15-27-21(28)18-11-5-6-12-19(18)22(27)29;/h4-7,10-13H,3,8-9,14-16H2,1-2H3,(H2,24,25,26);1H. The van der Waals surface area contributed by atoms with E-state index in [4.69, 9.17) is 4.74 Å². The monoisotopic (exact) mass is 536 g/mol. The number of guanidine groups is 1. The minimum absolute atomic E-state index is 0. The smallest absolute Gasteiger partial charge is 0.261 e. The van der Waals surface area contributed by atoms with Gasteiger partial charge in [-0.05, 0) is 38.0 Å². The van der Waals surface area contributed by atoms with Crippen LogP contribution in [-0.2, 0) is 6.54 Å². The average Bonchev–Trinajstić information content (AvgIpc) is 3.02. The average molecular weight is 536 g/mol. The predicted octanol–water partition coefficient (Wildman–Crippen LogP) is 3.44. The lowest BCUT2D eigenvalue weighted by molar-refractivity contribution is 0.0652. The Balaban J connectivity index is 0.00000341. The van der Waals surface area contributed by atoms with Gasteiger partial charge in [-0.15, -0.1) is 24.0 Å². The summed E-state index contributed by atoms with van der Waals surface area (Å²) in [6.45, 7) is 4.40. The number of para-hydroxylation sites is 1. The molecule has 7 nitrogen and oxygen atoms in total. The maximum absolute atomic E-state index is 12.4. The number of amides is 2. The van der Waals surface area contributed by atoms with E-state index in [1.54, 1.807) is 31.4 Å². The largest absolute Gasteiger partial charge is 0.496 e. The number of fused-ring (bicyclic) bond motifs is 1. The summed E-state index contributed by atoms with van der Waals surface area (Å²) in [6, 6.07) is 14.8. The fraction of sp³-hybridized carbons (Fsp3) is 0.348. The van der Waals surface area contributed by atoms with Crippen molar-refractivity contribution in [3.05, 3.63) is 65.2 Å². The maximum Gasteiger partial charge on any atom is 0.261 e. The highest BCUT2D eigenvalue weighted by Crippen LogP contribution is 2.22. The SMILES string of the molecule is CCNC(=NCc1ccccc1OC)NCCCCN1C(=O)c2ccccc2C1=O.I. The number of benzene rings is 2. The van der Waals surface area contributed by atoms with Gasteiger partial charge in [-0.25, -0.2) is 4.99 Å². The van der Waals surface area contributed by atoms with E-state index in [0.717, 1.165) is 36.7 Å². The second-order valence-corrected chi connectivity index (χ2v) is 6.95. The van der Waals surface area contributed by atoms with Crippen molar-refractivity contribution in [1.29, 1.82) is 0 Å². The highest BCUT2D eigenvalue weighted by Gasteiger charge is 2.34. The van der Waals surface area contributed by atoms with Crippen molar-refractivity contribution in [2.24, 2.45) is 4.99 Å². The van der Waals surface area contributed by atoms with Crippen molar-refractivity contribution in [3.63, 3.8) is 0 Å². The molecule has 0 radical (unpaired) electrons. The van der Waals surface area contributed by atoms with Crippen molar-refractivity contribution >= 4 is 41.8 Å². The number of imide groups is 1. The van der Waals surface area contributed by atoms with Crippen molar-refractivity contribution in [2.45, 2.75) is 26.3 Å². The first kappa shape index (κ1) is 24.6. The highest BCUT2D eigenvalue weighted by molar-refractivity contribution is 14.0. The summed E-state index contributed by atoms with van der Waals surface area (Å²) >= 11 is 0. The van der Waals surface area contributed by atoms with Crippen molar-refractivity contribution in [1.82, 2.24) is 15.5 Å². The Morgan fingerprint density at radius 1 is 0.968 bits per heavy atom. The minimum Gasteiger partial charge on any atom is -0.496 e. The molecular weight excluding hydrogens is 507 g/mol. The molecule has 0 aliphatic carbocycles. The third-order valence-electron chi connectivity index (χ3n) is 4.92. The molecule has 31 heavy (non-hydrogen) atoms. The predicted molar refractivity (Wildman–Crippen MR) is 132 cm³/mol. The van der Waals surface area contributed by atoms with Crippen LogP contribution in [0, 0.1) is 0 Å². The van der Waals surface area contributed by atoms with E-state index in [1.165, 1.54) is 4.90 Å². The number of hydrogen-bond donors (Lipinski definition) is 2. The lowest BCUT2D eigenvalue weighted by Gasteiger charge is -2.15. The van der Waals surface area contributed by atoms with Gasteiger partial charge >= 0.3 is 0 Å². The summed E-state index contributed by atoms with van der Waals surface area (Å²) in [6.07, 6.45) is 1.54. The Labute approximate surface area is 200 Å². The number of hydrogen-bond acceptors (Lipinski definition) is 4. The first-order chi connectivity index (χ1) is 14.7. The first-order valence-electron chi connectivity index (χ1n) is 10.2. The number of methoxy groups -OCH3 is 1. The lowest BCUT2D eigenvalue weighted by Crippen LogP contribution is -2.38. The summed E-state index contributed by atoms with van der Waals surface area (Å²) in [5.74, 6) is 1.15. The van der Waals surface area contributed by atoms with Crippen LogP contribution in [0.2, 0.25) is 0 Å². The number of nitrogens with one attached hydrogen (secondary N) is 2. The fourth-order valence-electron chi connectivity index (χ4n) is 3.38. The molecule has 1 aliphatic rings. The molecule has 0 bridgehead atoms. The molecule has 2 amide bonds. The van der Waals surface area contributed by atoms with Gasteiger partial charge in [0.2, 0.25) is 0 Å². The van der Waals surface area contributed by atoms with Gasteiger partial charge in [0.05, 0.1) is 24.8 Å². The van der Waals surface area contributed by atoms with E-state index in [1.807, 2.05) is 31.2 Å².